The first kappa shape index (κ1) is 11.2. The third kappa shape index (κ3) is 2.14. The second kappa shape index (κ2) is 4.58. The van der Waals surface area contributed by atoms with Gasteiger partial charge in [-0.3, -0.25) is 9.59 Å². The number of rotatable bonds is 2. The molecule has 0 bridgehead atoms. The molecule has 0 heterocycles. The Balaban J connectivity index is 2.76. The number of esters is 1. The van der Waals surface area contributed by atoms with Crippen molar-refractivity contribution in [1.82, 2.24) is 0 Å². The molecule has 0 aromatic heterocycles. The summed E-state index contributed by atoms with van der Waals surface area (Å²) in [6.45, 7) is 3.84. The number of carbonyl (C=O) groups excluding carboxylic acids is 2. The summed E-state index contributed by atoms with van der Waals surface area (Å²) in [7, 11) is 0. The molecule has 1 fully saturated rings. The fourth-order valence-corrected chi connectivity index (χ4v) is 1.86. The fourth-order valence-electron chi connectivity index (χ4n) is 1.86. The van der Waals surface area contributed by atoms with Gasteiger partial charge in [0.2, 0.25) is 0 Å². The van der Waals surface area contributed by atoms with Crippen LogP contribution in [0.2, 0.25) is 0 Å². The number of hydrogen-bond acceptors (Lipinski definition) is 3. The second-order valence-corrected chi connectivity index (χ2v) is 4.04. The first-order valence-corrected chi connectivity index (χ1v) is 5.32. The van der Waals surface area contributed by atoms with Crippen LogP contribution in [-0.2, 0) is 14.3 Å². The molecule has 0 N–H and O–H groups in total. The number of ether oxygens (including phenoxy) is 1. The molecule has 0 spiro atoms. The van der Waals surface area contributed by atoms with Crippen LogP contribution in [-0.4, -0.2) is 18.4 Å². The van der Waals surface area contributed by atoms with Gasteiger partial charge in [-0.15, -0.1) is 0 Å². The van der Waals surface area contributed by atoms with Crippen molar-refractivity contribution in [3.05, 3.63) is 0 Å². The first-order chi connectivity index (χ1) is 6.61. The normalized spacial score (nSPS) is 28.3. The zero-order chi connectivity index (χ0) is 10.6. The van der Waals surface area contributed by atoms with E-state index in [0.29, 0.717) is 19.4 Å². The zero-order valence-corrected chi connectivity index (χ0v) is 8.97. The Bertz CT molecular complexity index is 235. The Labute approximate surface area is 84.8 Å². The van der Waals surface area contributed by atoms with Gasteiger partial charge in [0.25, 0.3) is 0 Å². The second-order valence-electron chi connectivity index (χ2n) is 4.04. The molecular formula is C11H18O3. The number of ketones is 1. The van der Waals surface area contributed by atoms with Crippen LogP contribution in [0.1, 0.15) is 46.0 Å². The van der Waals surface area contributed by atoms with Crippen LogP contribution in [0.4, 0.5) is 0 Å². The van der Waals surface area contributed by atoms with E-state index in [1.165, 1.54) is 0 Å². The van der Waals surface area contributed by atoms with Crippen molar-refractivity contribution < 1.29 is 14.3 Å². The summed E-state index contributed by atoms with van der Waals surface area (Å²) in [6.07, 6.45) is 4.07. The van der Waals surface area contributed by atoms with Gasteiger partial charge in [-0.25, -0.2) is 0 Å². The summed E-state index contributed by atoms with van der Waals surface area (Å²) >= 11 is 0. The van der Waals surface area contributed by atoms with E-state index in [2.05, 4.69) is 0 Å². The van der Waals surface area contributed by atoms with Crippen LogP contribution in [0.3, 0.4) is 0 Å². The van der Waals surface area contributed by atoms with Gasteiger partial charge in [-0.2, -0.15) is 0 Å². The maximum atomic E-state index is 11.8. The van der Waals surface area contributed by atoms with Crippen molar-refractivity contribution in [3.63, 3.8) is 0 Å². The van der Waals surface area contributed by atoms with Crippen molar-refractivity contribution in [2.75, 3.05) is 6.61 Å². The van der Waals surface area contributed by atoms with Crippen molar-refractivity contribution in [2.24, 2.45) is 5.41 Å². The van der Waals surface area contributed by atoms with E-state index in [9.17, 15) is 9.59 Å². The van der Waals surface area contributed by atoms with E-state index >= 15 is 0 Å². The Morgan fingerprint density at radius 2 is 2.14 bits per heavy atom. The minimum atomic E-state index is -0.869. The Morgan fingerprint density at radius 3 is 2.79 bits per heavy atom. The minimum absolute atomic E-state index is 0.0495. The van der Waals surface area contributed by atoms with Gasteiger partial charge in [0, 0.05) is 6.42 Å². The topological polar surface area (TPSA) is 43.4 Å². The van der Waals surface area contributed by atoms with E-state index in [1.54, 1.807) is 13.8 Å². The molecule has 0 radical (unpaired) electrons. The van der Waals surface area contributed by atoms with E-state index in [-0.39, 0.29) is 11.8 Å². The van der Waals surface area contributed by atoms with Gasteiger partial charge < -0.3 is 4.74 Å². The highest BCUT2D eigenvalue weighted by Gasteiger charge is 2.42. The van der Waals surface area contributed by atoms with Crippen molar-refractivity contribution in [2.45, 2.75) is 46.0 Å². The van der Waals surface area contributed by atoms with Gasteiger partial charge in [-0.05, 0) is 26.7 Å². The maximum Gasteiger partial charge on any atom is 0.319 e. The molecule has 3 nitrogen and oxygen atoms in total. The van der Waals surface area contributed by atoms with Crippen LogP contribution in [0.15, 0.2) is 0 Å². The van der Waals surface area contributed by atoms with Gasteiger partial charge in [0.05, 0.1) is 6.61 Å². The van der Waals surface area contributed by atoms with Crippen LogP contribution in [0.5, 0.6) is 0 Å². The lowest BCUT2D eigenvalue weighted by atomic mass is 9.81. The quantitative estimate of drug-likeness (QED) is 0.387. The van der Waals surface area contributed by atoms with Crippen molar-refractivity contribution in [3.8, 4) is 0 Å². The van der Waals surface area contributed by atoms with Crippen LogP contribution in [0.25, 0.3) is 0 Å². The highest BCUT2D eigenvalue weighted by molar-refractivity contribution is 6.03. The molecule has 0 aliphatic heterocycles. The van der Waals surface area contributed by atoms with Crippen molar-refractivity contribution >= 4 is 11.8 Å². The van der Waals surface area contributed by atoms with Gasteiger partial charge in [0.15, 0.2) is 0 Å². The monoisotopic (exact) mass is 198 g/mol. The smallest absolute Gasteiger partial charge is 0.319 e. The standard InChI is InChI=1S/C11H18O3/c1-3-14-10(13)11(2)8-6-4-5-7-9(11)12/h3-8H2,1-2H3. The fraction of sp³-hybridized carbons (Fsp3) is 0.818. The molecule has 0 saturated heterocycles. The van der Waals surface area contributed by atoms with E-state index < -0.39 is 5.41 Å². The number of hydrogen-bond donors (Lipinski definition) is 0. The summed E-state index contributed by atoms with van der Waals surface area (Å²) < 4.78 is 4.95. The third-order valence-electron chi connectivity index (χ3n) is 2.92. The molecule has 1 saturated carbocycles. The molecule has 3 heteroatoms. The van der Waals surface area contributed by atoms with Crippen LogP contribution in [0, 0.1) is 5.41 Å². The van der Waals surface area contributed by atoms with E-state index in [1.807, 2.05) is 0 Å². The lowest BCUT2D eigenvalue weighted by Crippen LogP contribution is -2.37. The molecule has 0 amide bonds. The maximum absolute atomic E-state index is 11.8. The Hall–Kier alpha value is -0.860. The van der Waals surface area contributed by atoms with Gasteiger partial charge in [0.1, 0.15) is 11.2 Å². The van der Waals surface area contributed by atoms with Gasteiger partial charge in [-0.1, -0.05) is 12.8 Å². The highest BCUT2D eigenvalue weighted by Crippen LogP contribution is 2.32. The molecule has 1 rings (SSSR count). The summed E-state index contributed by atoms with van der Waals surface area (Å²) in [5.41, 5.74) is -0.869. The molecule has 80 valence electrons. The molecular weight excluding hydrogens is 180 g/mol. The van der Waals surface area contributed by atoms with Crippen molar-refractivity contribution in [1.29, 1.82) is 0 Å². The summed E-state index contributed by atoms with van der Waals surface area (Å²) in [6, 6.07) is 0. The minimum Gasteiger partial charge on any atom is -0.465 e. The molecule has 1 aliphatic rings. The summed E-state index contributed by atoms with van der Waals surface area (Å²) in [5, 5.41) is 0. The summed E-state index contributed by atoms with van der Waals surface area (Å²) in [4.78, 5) is 23.4. The molecule has 1 aliphatic carbocycles. The molecule has 1 unspecified atom stereocenters. The average molecular weight is 198 g/mol. The summed E-state index contributed by atoms with van der Waals surface area (Å²) in [5.74, 6) is -0.291. The molecule has 14 heavy (non-hydrogen) atoms. The zero-order valence-electron chi connectivity index (χ0n) is 8.97. The van der Waals surface area contributed by atoms with Crippen LogP contribution >= 0.6 is 0 Å². The first-order valence-electron chi connectivity index (χ1n) is 5.32. The highest BCUT2D eigenvalue weighted by atomic mass is 16.5. The lowest BCUT2D eigenvalue weighted by molar-refractivity contribution is -0.159. The third-order valence-corrected chi connectivity index (χ3v) is 2.92. The largest absolute Gasteiger partial charge is 0.465 e. The van der Waals surface area contributed by atoms with E-state index in [4.69, 9.17) is 4.74 Å². The Morgan fingerprint density at radius 1 is 1.43 bits per heavy atom. The average Bonchev–Trinajstić information content (AvgIpc) is 2.31. The molecule has 0 aromatic carbocycles. The number of carbonyl (C=O) groups is 2. The van der Waals surface area contributed by atoms with E-state index in [0.717, 1.165) is 19.3 Å². The number of Topliss-reactive ketones (excluding diaryl/α,β-unsaturated/α-hetero) is 1. The Kier molecular flexibility index (Phi) is 3.67. The molecule has 1 atom stereocenters. The predicted octanol–water partition coefficient (Wildman–Crippen LogP) is 2.09. The van der Waals surface area contributed by atoms with Gasteiger partial charge >= 0.3 is 5.97 Å². The molecule has 0 aromatic rings. The SMILES string of the molecule is CCOC(=O)C1(C)CCCCCC1=O. The lowest BCUT2D eigenvalue weighted by Gasteiger charge is -2.23. The predicted molar refractivity (Wildman–Crippen MR) is 52.8 cm³/mol. The van der Waals surface area contributed by atoms with Crippen LogP contribution < -0.4 is 0 Å².